The van der Waals surface area contributed by atoms with E-state index in [4.69, 9.17) is 13.0 Å². The molecule has 1 aromatic carbocycles. The molecule has 3 rings (SSSR count). The van der Waals surface area contributed by atoms with E-state index < -0.39 is 45.0 Å². The highest BCUT2D eigenvalue weighted by molar-refractivity contribution is 7.91. The SMILES string of the molecule is [C-]#[N+]c1cc(NC(=O)c2c(C)c(C(=O)C(=O)C[C@]3(C#C)CCS(=O)(=O)C3)c(C)n2C)ccc1F. The summed E-state index contributed by atoms with van der Waals surface area (Å²) < 4.78 is 38.8. The minimum atomic E-state index is -3.37. The van der Waals surface area contributed by atoms with E-state index in [0.717, 1.165) is 6.07 Å². The quantitative estimate of drug-likeness (QED) is 0.294. The normalized spacial score (nSPS) is 18.6. The number of carbonyl (C=O) groups excluding carboxylic acids is 3. The molecule has 8 nitrogen and oxygen atoms in total. The van der Waals surface area contributed by atoms with Crippen molar-refractivity contribution in [2.24, 2.45) is 12.5 Å². The van der Waals surface area contributed by atoms with Gasteiger partial charge in [-0.2, -0.15) is 0 Å². The number of benzene rings is 1. The molecule has 10 heteroatoms. The fourth-order valence-electron chi connectivity index (χ4n) is 4.25. The van der Waals surface area contributed by atoms with Crippen molar-refractivity contribution in [2.75, 3.05) is 16.8 Å². The smallest absolute Gasteiger partial charge is 0.272 e. The van der Waals surface area contributed by atoms with Gasteiger partial charge in [-0.05, 0) is 44.0 Å². The Morgan fingerprint density at radius 2 is 2.00 bits per heavy atom. The average Bonchev–Trinajstić information content (AvgIpc) is 3.20. The van der Waals surface area contributed by atoms with E-state index in [1.54, 1.807) is 14.0 Å². The second-order valence-corrected chi connectivity index (χ2v) is 10.6. The number of halogens is 1. The summed E-state index contributed by atoms with van der Waals surface area (Å²) in [7, 11) is -1.82. The molecule has 1 fully saturated rings. The molecule has 0 radical (unpaired) electrons. The molecule has 1 amide bonds. The topological polar surface area (TPSA) is 107 Å². The average molecular weight is 484 g/mol. The van der Waals surface area contributed by atoms with Crippen LogP contribution in [0, 0.1) is 44.0 Å². The van der Waals surface area contributed by atoms with Crippen molar-refractivity contribution in [2.45, 2.75) is 26.7 Å². The largest absolute Gasteiger partial charge is 0.343 e. The number of hydrogen-bond donors (Lipinski definition) is 1. The lowest BCUT2D eigenvalue weighted by atomic mass is 9.81. The van der Waals surface area contributed by atoms with Gasteiger partial charge in [0.25, 0.3) is 5.91 Å². The van der Waals surface area contributed by atoms with Crippen molar-refractivity contribution in [3.63, 3.8) is 0 Å². The second kappa shape index (κ2) is 8.88. The number of nitrogens with one attached hydrogen (secondary N) is 1. The molecule has 1 saturated heterocycles. The molecule has 34 heavy (non-hydrogen) atoms. The van der Waals surface area contributed by atoms with Gasteiger partial charge < -0.3 is 9.88 Å². The van der Waals surface area contributed by atoms with Gasteiger partial charge in [-0.15, -0.1) is 6.42 Å². The van der Waals surface area contributed by atoms with Crippen LogP contribution in [0.3, 0.4) is 0 Å². The standard InChI is InChI=1S/C24H22FN3O5S/c1-6-24(9-10-34(32,33)13-24)12-19(29)22(30)20-14(2)21(28(5)15(20)3)23(31)27-16-7-8-17(25)18(11-16)26-4/h1,7-8,11H,9-10,12-13H2,2-3,5H3,(H,27,31)/t24-/m0/s1. The maximum absolute atomic E-state index is 13.6. The number of nitrogens with zero attached hydrogens (tertiary/aromatic N) is 2. The highest BCUT2D eigenvalue weighted by Gasteiger charge is 2.44. The van der Waals surface area contributed by atoms with Crippen LogP contribution in [0.1, 0.15) is 44.9 Å². The van der Waals surface area contributed by atoms with Crippen molar-refractivity contribution >= 4 is 38.7 Å². The maximum Gasteiger partial charge on any atom is 0.272 e. The number of hydrogen-bond acceptors (Lipinski definition) is 5. The van der Waals surface area contributed by atoms with Crippen molar-refractivity contribution in [1.82, 2.24) is 4.57 Å². The summed E-state index contributed by atoms with van der Waals surface area (Å²) >= 11 is 0. The lowest BCUT2D eigenvalue weighted by Crippen LogP contribution is -2.28. The molecule has 2 heterocycles. The van der Waals surface area contributed by atoms with Crippen molar-refractivity contribution in [1.29, 1.82) is 0 Å². The monoisotopic (exact) mass is 483 g/mol. The van der Waals surface area contributed by atoms with E-state index in [1.165, 1.54) is 23.6 Å². The van der Waals surface area contributed by atoms with Gasteiger partial charge in [-0.3, -0.25) is 14.4 Å². The number of terminal acetylenes is 1. The summed E-state index contributed by atoms with van der Waals surface area (Å²) in [5.74, 6) is -1.07. The predicted molar refractivity (Wildman–Crippen MR) is 124 cm³/mol. The van der Waals surface area contributed by atoms with E-state index in [9.17, 15) is 27.2 Å². The maximum atomic E-state index is 13.6. The Morgan fingerprint density at radius 3 is 2.56 bits per heavy atom. The molecule has 0 saturated carbocycles. The number of sulfone groups is 1. The first-order chi connectivity index (χ1) is 15.8. The zero-order valence-corrected chi connectivity index (χ0v) is 19.7. The number of Topliss-reactive ketones (excluding diaryl/α,β-unsaturated/α-hetero) is 2. The third-order valence-electron chi connectivity index (χ3n) is 6.14. The van der Waals surface area contributed by atoms with E-state index >= 15 is 0 Å². The number of carbonyl (C=O) groups is 3. The molecule has 0 bridgehead atoms. The first-order valence-electron chi connectivity index (χ1n) is 10.2. The summed E-state index contributed by atoms with van der Waals surface area (Å²) in [5, 5.41) is 2.57. The van der Waals surface area contributed by atoms with Gasteiger partial charge in [0, 0.05) is 24.8 Å². The van der Waals surface area contributed by atoms with Gasteiger partial charge in [-0.25, -0.2) is 17.7 Å². The Balaban J connectivity index is 1.89. The zero-order chi connectivity index (χ0) is 25.4. The minimum absolute atomic E-state index is 0.0478. The molecule has 1 aromatic heterocycles. The van der Waals surface area contributed by atoms with Crippen molar-refractivity contribution in [3.05, 3.63) is 57.9 Å². The van der Waals surface area contributed by atoms with Crippen LogP contribution in [0.5, 0.6) is 0 Å². The van der Waals surface area contributed by atoms with Gasteiger partial charge >= 0.3 is 0 Å². The van der Waals surface area contributed by atoms with Crippen LogP contribution < -0.4 is 5.32 Å². The molecule has 1 atom stereocenters. The number of anilines is 1. The van der Waals surface area contributed by atoms with Gasteiger partial charge in [0.1, 0.15) is 11.5 Å². The van der Waals surface area contributed by atoms with Crippen LogP contribution in [0.4, 0.5) is 15.8 Å². The second-order valence-electron chi connectivity index (χ2n) is 8.42. The minimum Gasteiger partial charge on any atom is -0.343 e. The summed E-state index contributed by atoms with van der Waals surface area (Å²) in [6, 6.07) is 3.55. The van der Waals surface area contributed by atoms with E-state index in [1.807, 2.05) is 0 Å². The molecule has 1 aliphatic rings. The van der Waals surface area contributed by atoms with Gasteiger partial charge in [0.2, 0.25) is 17.3 Å². The van der Waals surface area contributed by atoms with Crippen LogP contribution in [0.15, 0.2) is 18.2 Å². The van der Waals surface area contributed by atoms with E-state index in [0.29, 0.717) is 5.69 Å². The molecule has 2 aromatic rings. The molecule has 0 spiro atoms. The summed E-state index contributed by atoms with van der Waals surface area (Å²) in [6.45, 7) is 10.1. The number of aromatic nitrogens is 1. The highest BCUT2D eigenvalue weighted by atomic mass is 32.2. The summed E-state index contributed by atoms with van der Waals surface area (Å²) in [6.07, 6.45) is 5.24. The lowest BCUT2D eigenvalue weighted by Gasteiger charge is -2.19. The first kappa shape index (κ1) is 24.9. The van der Waals surface area contributed by atoms with Gasteiger partial charge in [0.05, 0.1) is 29.1 Å². The van der Waals surface area contributed by atoms with Crippen LogP contribution in [-0.4, -0.2) is 42.0 Å². The number of amides is 1. The highest BCUT2D eigenvalue weighted by Crippen LogP contribution is 2.36. The molecular weight excluding hydrogens is 461 g/mol. The molecular formula is C24H22FN3O5S. The summed E-state index contributed by atoms with van der Waals surface area (Å²) in [4.78, 5) is 41.9. The van der Waals surface area contributed by atoms with Gasteiger partial charge in [-0.1, -0.05) is 5.92 Å². The first-order valence-corrected chi connectivity index (χ1v) is 12.1. The Bertz CT molecular complexity index is 1430. The Kier molecular flexibility index (Phi) is 6.50. The number of ketones is 2. The number of rotatable bonds is 6. The molecule has 0 unspecified atom stereocenters. The van der Waals surface area contributed by atoms with E-state index in [-0.39, 0.29) is 46.1 Å². The summed E-state index contributed by atoms with van der Waals surface area (Å²) in [5.41, 5.74) is -0.489. The fourth-order valence-corrected chi connectivity index (χ4v) is 6.27. The predicted octanol–water partition coefficient (Wildman–Crippen LogP) is 3.16. The molecule has 1 N–H and O–H groups in total. The van der Waals surface area contributed by atoms with Crippen LogP contribution >= 0.6 is 0 Å². The lowest BCUT2D eigenvalue weighted by molar-refractivity contribution is -0.116. The van der Waals surface area contributed by atoms with Crippen LogP contribution in [-0.2, 0) is 21.7 Å². The third-order valence-corrected chi connectivity index (χ3v) is 7.96. The van der Waals surface area contributed by atoms with Crippen LogP contribution in [0.2, 0.25) is 0 Å². The van der Waals surface area contributed by atoms with E-state index in [2.05, 4.69) is 16.1 Å². The third kappa shape index (κ3) is 4.50. The Morgan fingerprint density at radius 1 is 1.32 bits per heavy atom. The van der Waals surface area contributed by atoms with Gasteiger partial charge in [0.15, 0.2) is 9.84 Å². The Labute approximate surface area is 196 Å². The molecule has 1 aliphatic heterocycles. The van der Waals surface area contributed by atoms with Crippen LogP contribution in [0.25, 0.3) is 4.85 Å². The van der Waals surface area contributed by atoms with Crippen molar-refractivity contribution in [3.8, 4) is 12.3 Å². The molecule has 0 aliphatic carbocycles. The Hall–Kier alpha value is -3.76. The fraction of sp³-hybridized carbons (Fsp3) is 0.333. The molecule has 176 valence electrons. The zero-order valence-electron chi connectivity index (χ0n) is 18.9. The van der Waals surface area contributed by atoms with Crippen molar-refractivity contribution < 1.29 is 27.2 Å².